The molecular formula is C13H16N4O. The molecular weight excluding hydrogens is 228 g/mol. The summed E-state index contributed by atoms with van der Waals surface area (Å²) in [6, 6.07) is 7.49. The number of pyridine rings is 1. The van der Waals surface area contributed by atoms with Gasteiger partial charge in [0.15, 0.2) is 0 Å². The zero-order chi connectivity index (χ0) is 13.0. The van der Waals surface area contributed by atoms with Gasteiger partial charge in [0, 0.05) is 32.9 Å². The molecule has 0 saturated carbocycles. The highest BCUT2D eigenvalue weighted by Crippen LogP contribution is 2.15. The molecule has 1 atom stereocenters. The maximum atomic E-state index is 12.0. The smallest absolute Gasteiger partial charge is 0.240 e. The van der Waals surface area contributed by atoms with Crippen LogP contribution in [0.3, 0.4) is 0 Å². The van der Waals surface area contributed by atoms with Gasteiger partial charge in [-0.25, -0.2) is 0 Å². The summed E-state index contributed by atoms with van der Waals surface area (Å²) in [5.74, 6) is 0.0266. The summed E-state index contributed by atoms with van der Waals surface area (Å²) in [4.78, 5) is 20.0. The van der Waals surface area contributed by atoms with Crippen molar-refractivity contribution in [3.05, 3.63) is 30.1 Å². The Kier molecular flexibility index (Phi) is 3.90. The fourth-order valence-electron chi connectivity index (χ4n) is 2.15. The van der Waals surface area contributed by atoms with Gasteiger partial charge in [0.05, 0.1) is 18.2 Å². The molecule has 0 aromatic carbocycles. The first-order valence-electron chi connectivity index (χ1n) is 5.98. The highest BCUT2D eigenvalue weighted by molar-refractivity contribution is 5.82. The zero-order valence-corrected chi connectivity index (χ0v) is 10.4. The third-order valence-electron chi connectivity index (χ3n) is 3.20. The fourth-order valence-corrected chi connectivity index (χ4v) is 2.15. The van der Waals surface area contributed by atoms with Crippen molar-refractivity contribution in [3.63, 3.8) is 0 Å². The standard InChI is InChI=1S/C13H16N4O/c1-16-8-9-17(12(5-6-14)13(16)18)10-11-4-2-3-7-15-11/h2-4,7,12H,5,8-10H2,1H3. The molecule has 1 saturated heterocycles. The molecule has 2 rings (SSSR count). The first kappa shape index (κ1) is 12.5. The van der Waals surface area contributed by atoms with Gasteiger partial charge in [-0.2, -0.15) is 5.26 Å². The first-order chi connectivity index (χ1) is 8.72. The van der Waals surface area contributed by atoms with Gasteiger partial charge >= 0.3 is 0 Å². The molecule has 1 unspecified atom stereocenters. The Morgan fingerprint density at radius 2 is 2.33 bits per heavy atom. The van der Waals surface area contributed by atoms with E-state index >= 15 is 0 Å². The normalized spacial score (nSPS) is 20.8. The van der Waals surface area contributed by atoms with Gasteiger partial charge in [0.25, 0.3) is 0 Å². The average molecular weight is 244 g/mol. The van der Waals surface area contributed by atoms with Gasteiger partial charge in [-0.3, -0.25) is 14.7 Å². The van der Waals surface area contributed by atoms with E-state index < -0.39 is 0 Å². The lowest BCUT2D eigenvalue weighted by Gasteiger charge is -2.37. The molecule has 1 aliphatic rings. The highest BCUT2D eigenvalue weighted by atomic mass is 16.2. The summed E-state index contributed by atoms with van der Waals surface area (Å²) in [6.07, 6.45) is 1.97. The number of piperazine rings is 1. The number of nitrogens with zero attached hydrogens (tertiary/aromatic N) is 4. The summed E-state index contributed by atoms with van der Waals surface area (Å²) >= 11 is 0. The lowest BCUT2D eigenvalue weighted by Crippen LogP contribution is -2.55. The van der Waals surface area contributed by atoms with E-state index in [2.05, 4.69) is 11.1 Å². The number of hydrogen-bond acceptors (Lipinski definition) is 4. The van der Waals surface area contributed by atoms with Crippen LogP contribution in [0.25, 0.3) is 0 Å². The molecule has 0 spiro atoms. The number of aromatic nitrogens is 1. The van der Waals surface area contributed by atoms with E-state index in [1.807, 2.05) is 23.1 Å². The van der Waals surface area contributed by atoms with Gasteiger partial charge in [0.1, 0.15) is 6.04 Å². The van der Waals surface area contributed by atoms with E-state index in [0.717, 1.165) is 12.2 Å². The van der Waals surface area contributed by atoms with Crippen LogP contribution in [-0.2, 0) is 11.3 Å². The van der Waals surface area contributed by atoms with Gasteiger partial charge in [-0.05, 0) is 12.1 Å². The van der Waals surface area contributed by atoms with E-state index in [0.29, 0.717) is 13.1 Å². The number of carbonyl (C=O) groups is 1. The summed E-state index contributed by atoms with van der Waals surface area (Å²) in [7, 11) is 1.78. The molecule has 0 N–H and O–H groups in total. The lowest BCUT2D eigenvalue weighted by molar-refractivity contribution is -0.140. The molecule has 5 heteroatoms. The quantitative estimate of drug-likeness (QED) is 0.782. The predicted octanol–water partition coefficient (Wildman–Crippen LogP) is 0.638. The van der Waals surface area contributed by atoms with Crippen molar-refractivity contribution in [1.29, 1.82) is 5.26 Å². The van der Waals surface area contributed by atoms with Gasteiger partial charge in [-0.1, -0.05) is 6.07 Å². The summed E-state index contributed by atoms with van der Waals surface area (Å²) in [5, 5.41) is 8.84. The second kappa shape index (κ2) is 5.61. The van der Waals surface area contributed by atoms with Crippen LogP contribution in [0.2, 0.25) is 0 Å². The molecule has 5 nitrogen and oxygen atoms in total. The molecule has 1 aromatic heterocycles. The molecule has 18 heavy (non-hydrogen) atoms. The van der Waals surface area contributed by atoms with E-state index in [9.17, 15) is 4.79 Å². The molecule has 94 valence electrons. The fraction of sp³-hybridized carbons (Fsp3) is 0.462. The highest BCUT2D eigenvalue weighted by Gasteiger charge is 2.32. The number of carbonyl (C=O) groups excluding carboxylic acids is 1. The van der Waals surface area contributed by atoms with Crippen LogP contribution in [-0.4, -0.2) is 46.9 Å². The second-order valence-electron chi connectivity index (χ2n) is 4.43. The minimum Gasteiger partial charge on any atom is -0.343 e. The SMILES string of the molecule is CN1CCN(Cc2ccccn2)C(CC#N)C1=O. The molecule has 1 aromatic rings. The molecule has 1 fully saturated rings. The largest absolute Gasteiger partial charge is 0.343 e. The summed E-state index contributed by atoms with van der Waals surface area (Å²) < 4.78 is 0. The van der Waals surface area contributed by atoms with E-state index in [1.165, 1.54) is 0 Å². The third-order valence-corrected chi connectivity index (χ3v) is 3.20. The number of amides is 1. The molecule has 0 aliphatic carbocycles. The van der Waals surface area contributed by atoms with Crippen LogP contribution in [0.5, 0.6) is 0 Å². The number of rotatable bonds is 3. The summed E-state index contributed by atoms with van der Waals surface area (Å²) in [6.45, 7) is 2.10. The number of nitriles is 1. The Labute approximate surface area is 107 Å². The monoisotopic (exact) mass is 244 g/mol. The van der Waals surface area contributed by atoms with Gasteiger partial charge < -0.3 is 4.90 Å². The van der Waals surface area contributed by atoms with Crippen LogP contribution in [0.4, 0.5) is 0 Å². The van der Waals surface area contributed by atoms with Gasteiger partial charge in [0.2, 0.25) is 5.91 Å². The van der Waals surface area contributed by atoms with Crippen LogP contribution in [0.15, 0.2) is 24.4 Å². The minimum atomic E-state index is -0.337. The molecule has 1 aliphatic heterocycles. The third kappa shape index (κ3) is 2.66. The molecule has 0 radical (unpaired) electrons. The summed E-state index contributed by atoms with van der Waals surface area (Å²) in [5.41, 5.74) is 0.929. The van der Waals surface area contributed by atoms with Crippen LogP contribution < -0.4 is 0 Å². The molecule has 1 amide bonds. The van der Waals surface area contributed by atoms with Crippen molar-refractivity contribution in [2.45, 2.75) is 19.0 Å². The van der Waals surface area contributed by atoms with Crippen molar-refractivity contribution < 1.29 is 4.79 Å². The number of likely N-dealkylation sites (N-methyl/N-ethyl adjacent to an activating group) is 1. The second-order valence-corrected chi connectivity index (χ2v) is 4.43. The van der Waals surface area contributed by atoms with E-state index in [-0.39, 0.29) is 18.4 Å². The Morgan fingerprint density at radius 1 is 1.50 bits per heavy atom. The zero-order valence-electron chi connectivity index (χ0n) is 10.4. The van der Waals surface area contributed by atoms with Crippen molar-refractivity contribution >= 4 is 5.91 Å². The predicted molar refractivity (Wildman–Crippen MR) is 66.3 cm³/mol. The maximum Gasteiger partial charge on any atom is 0.240 e. The Balaban J connectivity index is 2.11. The topological polar surface area (TPSA) is 60.2 Å². The first-order valence-corrected chi connectivity index (χ1v) is 5.98. The van der Waals surface area contributed by atoms with Gasteiger partial charge in [-0.15, -0.1) is 0 Å². The van der Waals surface area contributed by atoms with E-state index in [1.54, 1.807) is 18.1 Å². The Bertz CT molecular complexity index is 454. The van der Waals surface area contributed by atoms with Crippen LogP contribution in [0, 0.1) is 11.3 Å². The minimum absolute atomic E-state index is 0.0266. The average Bonchev–Trinajstić information content (AvgIpc) is 2.39. The Morgan fingerprint density at radius 3 is 3.00 bits per heavy atom. The maximum absolute atomic E-state index is 12.0. The number of hydrogen-bond donors (Lipinski definition) is 0. The van der Waals surface area contributed by atoms with E-state index in [4.69, 9.17) is 5.26 Å². The van der Waals surface area contributed by atoms with Crippen molar-refractivity contribution in [1.82, 2.24) is 14.8 Å². The van der Waals surface area contributed by atoms with Crippen molar-refractivity contribution in [3.8, 4) is 6.07 Å². The van der Waals surface area contributed by atoms with Crippen LogP contribution in [0.1, 0.15) is 12.1 Å². The Hall–Kier alpha value is -1.93. The van der Waals surface area contributed by atoms with Crippen molar-refractivity contribution in [2.75, 3.05) is 20.1 Å². The molecule has 2 heterocycles. The van der Waals surface area contributed by atoms with Crippen LogP contribution >= 0.6 is 0 Å². The lowest BCUT2D eigenvalue weighted by atomic mass is 10.1. The van der Waals surface area contributed by atoms with Crippen molar-refractivity contribution in [2.24, 2.45) is 0 Å². The molecule has 0 bridgehead atoms.